The summed E-state index contributed by atoms with van der Waals surface area (Å²) in [6, 6.07) is 0. The molecule has 0 aromatic carbocycles. The van der Waals surface area contributed by atoms with Gasteiger partial charge in [-0.05, 0) is 44.7 Å². The van der Waals surface area contributed by atoms with Crippen molar-refractivity contribution < 1.29 is 22.4 Å². The minimum absolute atomic E-state index is 0.152. The van der Waals surface area contributed by atoms with E-state index in [9.17, 15) is 22.4 Å². The summed E-state index contributed by atoms with van der Waals surface area (Å²) in [5, 5.41) is 0. The number of carbonyl (C=O) groups is 1. The molecule has 2 saturated heterocycles. The quantitative estimate of drug-likeness (QED) is 0.743. The van der Waals surface area contributed by atoms with Gasteiger partial charge < -0.3 is 9.80 Å². The zero-order valence-corrected chi connectivity index (χ0v) is 11.3. The number of hydrogen-bond donors (Lipinski definition) is 0. The van der Waals surface area contributed by atoms with Gasteiger partial charge in [0.05, 0.1) is 0 Å². The van der Waals surface area contributed by atoms with Crippen molar-refractivity contribution in [1.29, 1.82) is 0 Å². The van der Waals surface area contributed by atoms with E-state index in [4.69, 9.17) is 0 Å². The van der Waals surface area contributed by atoms with Gasteiger partial charge in [0, 0.05) is 19.6 Å². The molecule has 0 N–H and O–H groups in total. The van der Waals surface area contributed by atoms with Gasteiger partial charge in [-0.1, -0.05) is 0 Å². The summed E-state index contributed by atoms with van der Waals surface area (Å²) < 4.78 is 50.3. The van der Waals surface area contributed by atoms with Crippen LogP contribution in [-0.2, 0) is 4.79 Å². The van der Waals surface area contributed by atoms with E-state index in [0.29, 0.717) is 18.8 Å². The molecule has 0 spiro atoms. The first kappa shape index (κ1) is 15.5. The van der Waals surface area contributed by atoms with Crippen molar-refractivity contribution in [2.45, 2.75) is 38.0 Å². The molecule has 1 amide bonds. The van der Waals surface area contributed by atoms with Crippen LogP contribution >= 0.6 is 0 Å². The minimum Gasteiger partial charge on any atom is -0.337 e. The molecule has 3 nitrogen and oxygen atoms in total. The fraction of sp³-hybridized carbons (Fsp3) is 0.923. The standard InChI is InChI=1S/C13H20F4N2O/c14-11(15)13(16,17)12(20)19-7-3-10(4-8-19)9-18-5-1-2-6-18/h10-11H,1-9H2. The first-order valence-corrected chi connectivity index (χ1v) is 7.09. The van der Waals surface area contributed by atoms with Crippen molar-refractivity contribution in [2.24, 2.45) is 5.92 Å². The molecule has 2 heterocycles. The molecule has 0 unspecified atom stereocenters. The molecule has 2 aliphatic heterocycles. The topological polar surface area (TPSA) is 23.6 Å². The zero-order valence-electron chi connectivity index (χ0n) is 11.3. The Balaban J connectivity index is 1.80. The van der Waals surface area contributed by atoms with Crippen LogP contribution in [0.5, 0.6) is 0 Å². The van der Waals surface area contributed by atoms with Crippen molar-refractivity contribution in [2.75, 3.05) is 32.7 Å². The van der Waals surface area contributed by atoms with Crippen LogP contribution in [0.25, 0.3) is 0 Å². The minimum atomic E-state index is -4.55. The highest BCUT2D eigenvalue weighted by Gasteiger charge is 2.51. The molecule has 116 valence electrons. The van der Waals surface area contributed by atoms with Crippen LogP contribution < -0.4 is 0 Å². The highest BCUT2D eigenvalue weighted by atomic mass is 19.3. The van der Waals surface area contributed by atoms with Gasteiger partial charge in [0.25, 0.3) is 5.91 Å². The van der Waals surface area contributed by atoms with Gasteiger partial charge in [0.15, 0.2) is 0 Å². The highest BCUT2D eigenvalue weighted by Crippen LogP contribution is 2.28. The number of alkyl halides is 4. The van der Waals surface area contributed by atoms with Gasteiger partial charge in [-0.25, -0.2) is 8.78 Å². The van der Waals surface area contributed by atoms with Crippen LogP contribution in [0.3, 0.4) is 0 Å². The van der Waals surface area contributed by atoms with Gasteiger partial charge in [0.1, 0.15) is 0 Å². The summed E-state index contributed by atoms with van der Waals surface area (Å²) in [6.45, 7) is 3.37. The lowest BCUT2D eigenvalue weighted by Crippen LogP contribution is -2.51. The van der Waals surface area contributed by atoms with E-state index in [2.05, 4.69) is 4.90 Å². The summed E-state index contributed by atoms with van der Waals surface area (Å²) in [6.07, 6.45) is -0.323. The van der Waals surface area contributed by atoms with Gasteiger partial charge in [-0.15, -0.1) is 0 Å². The fourth-order valence-electron chi connectivity index (χ4n) is 2.95. The van der Waals surface area contributed by atoms with Crippen LogP contribution in [0.2, 0.25) is 0 Å². The number of halogens is 4. The molecule has 0 aliphatic carbocycles. The van der Waals surface area contributed by atoms with Gasteiger partial charge in [-0.3, -0.25) is 4.79 Å². The molecule has 0 bridgehead atoms. The number of piperidine rings is 1. The predicted octanol–water partition coefficient (Wildman–Crippen LogP) is 2.22. The summed E-state index contributed by atoms with van der Waals surface area (Å²) >= 11 is 0. The average Bonchev–Trinajstić information content (AvgIpc) is 2.91. The molecule has 2 fully saturated rings. The van der Waals surface area contributed by atoms with Gasteiger partial charge in [0.2, 0.25) is 0 Å². The molecule has 2 rings (SSSR count). The molecule has 20 heavy (non-hydrogen) atoms. The second-order valence-electron chi connectivity index (χ2n) is 5.67. The Bertz CT molecular complexity index is 337. The van der Waals surface area contributed by atoms with E-state index < -0.39 is 18.3 Å². The third kappa shape index (κ3) is 3.42. The molecule has 0 atom stereocenters. The largest absolute Gasteiger partial charge is 0.383 e. The maximum atomic E-state index is 13.0. The summed E-state index contributed by atoms with van der Waals surface area (Å²) in [5.74, 6) is -5.91. The Morgan fingerprint density at radius 3 is 2.15 bits per heavy atom. The molecule has 7 heteroatoms. The number of likely N-dealkylation sites (tertiary alicyclic amines) is 2. The number of rotatable bonds is 4. The second-order valence-corrected chi connectivity index (χ2v) is 5.67. The maximum Gasteiger partial charge on any atom is 0.383 e. The molecule has 0 radical (unpaired) electrons. The number of nitrogens with zero attached hydrogens (tertiary/aromatic N) is 2. The fourth-order valence-corrected chi connectivity index (χ4v) is 2.95. The lowest BCUT2D eigenvalue weighted by Gasteiger charge is -2.35. The molecule has 0 saturated carbocycles. The molecule has 0 aromatic rings. The van der Waals surface area contributed by atoms with Gasteiger partial charge >= 0.3 is 12.3 Å². The lowest BCUT2D eigenvalue weighted by atomic mass is 9.96. The monoisotopic (exact) mass is 296 g/mol. The van der Waals surface area contributed by atoms with Crippen molar-refractivity contribution in [3.05, 3.63) is 0 Å². The molecular weight excluding hydrogens is 276 g/mol. The van der Waals surface area contributed by atoms with Crippen molar-refractivity contribution in [3.63, 3.8) is 0 Å². The van der Waals surface area contributed by atoms with Crippen LogP contribution in [0, 0.1) is 5.92 Å². The lowest BCUT2D eigenvalue weighted by molar-refractivity contribution is -0.181. The van der Waals surface area contributed by atoms with E-state index in [1.54, 1.807) is 0 Å². The van der Waals surface area contributed by atoms with E-state index in [1.165, 1.54) is 12.8 Å². The Kier molecular flexibility index (Phi) is 4.88. The SMILES string of the molecule is O=C(N1CCC(CN2CCCC2)CC1)C(F)(F)C(F)F. The Labute approximate surface area is 115 Å². The zero-order chi connectivity index (χ0) is 14.8. The Morgan fingerprint density at radius 2 is 1.65 bits per heavy atom. The Morgan fingerprint density at radius 1 is 1.10 bits per heavy atom. The van der Waals surface area contributed by atoms with Gasteiger partial charge in [-0.2, -0.15) is 8.78 Å². The number of carbonyl (C=O) groups excluding carboxylic acids is 1. The summed E-state index contributed by atoms with van der Waals surface area (Å²) in [5.41, 5.74) is 0. The highest BCUT2D eigenvalue weighted by molar-refractivity contribution is 5.84. The van der Waals surface area contributed by atoms with Crippen molar-refractivity contribution in [3.8, 4) is 0 Å². The normalized spacial score (nSPS) is 22.8. The Hall–Kier alpha value is -0.850. The summed E-state index contributed by atoms with van der Waals surface area (Å²) in [4.78, 5) is 14.6. The van der Waals surface area contributed by atoms with E-state index in [0.717, 1.165) is 24.5 Å². The van der Waals surface area contributed by atoms with Crippen molar-refractivity contribution in [1.82, 2.24) is 9.80 Å². The predicted molar refractivity (Wildman–Crippen MR) is 65.9 cm³/mol. The van der Waals surface area contributed by atoms with Crippen molar-refractivity contribution >= 4 is 5.91 Å². The number of hydrogen-bond acceptors (Lipinski definition) is 2. The van der Waals surface area contributed by atoms with Crippen LogP contribution in [0.1, 0.15) is 25.7 Å². The molecule has 2 aliphatic rings. The molecular formula is C13H20F4N2O. The smallest absolute Gasteiger partial charge is 0.337 e. The average molecular weight is 296 g/mol. The number of amides is 1. The van der Waals surface area contributed by atoms with Crippen LogP contribution in [0.4, 0.5) is 17.6 Å². The van der Waals surface area contributed by atoms with E-state index in [-0.39, 0.29) is 13.1 Å². The summed E-state index contributed by atoms with van der Waals surface area (Å²) in [7, 11) is 0. The third-order valence-electron chi connectivity index (χ3n) is 4.18. The first-order valence-electron chi connectivity index (χ1n) is 7.09. The van der Waals surface area contributed by atoms with E-state index in [1.807, 2.05) is 0 Å². The van der Waals surface area contributed by atoms with E-state index >= 15 is 0 Å². The maximum absolute atomic E-state index is 13.0. The van der Waals surface area contributed by atoms with Crippen LogP contribution in [-0.4, -0.2) is 60.8 Å². The second kappa shape index (κ2) is 6.28. The molecule has 0 aromatic heterocycles. The first-order chi connectivity index (χ1) is 9.41. The van der Waals surface area contributed by atoms with Crippen LogP contribution in [0.15, 0.2) is 0 Å². The third-order valence-corrected chi connectivity index (χ3v) is 4.18.